The molecule has 2 saturated heterocycles. The highest BCUT2D eigenvalue weighted by Crippen LogP contribution is 2.65. The molecule has 0 bridgehead atoms. The Labute approximate surface area is 314 Å². The van der Waals surface area contributed by atoms with Crippen LogP contribution in [0.25, 0.3) is 0 Å². The van der Waals surface area contributed by atoms with E-state index in [9.17, 15) is 23.9 Å². The van der Waals surface area contributed by atoms with Crippen molar-refractivity contribution in [3.05, 3.63) is 129 Å². The van der Waals surface area contributed by atoms with E-state index >= 15 is 4.79 Å². The van der Waals surface area contributed by atoms with Crippen LogP contribution in [0, 0.1) is 36.4 Å². The largest absolute Gasteiger partial charge is 0.504 e. The first kappa shape index (κ1) is 34.9. The molecule has 2 aliphatic carbocycles. The molecule has 9 nitrogen and oxygen atoms in total. The summed E-state index contributed by atoms with van der Waals surface area (Å²) in [4.78, 5) is 59.9. The highest BCUT2D eigenvalue weighted by atomic mass is 35.5. The van der Waals surface area contributed by atoms with E-state index in [1.807, 2.05) is 13.0 Å². The number of anilines is 2. The summed E-state index contributed by atoms with van der Waals surface area (Å²) in [6.45, 7) is 3.87. The number of hydrazine groups is 1. The van der Waals surface area contributed by atoms with Crippen LogP contribution in [0.15, 0.2) is 96.6 Å². The fraction of sp³-hybridized carbons (Fsp3) is 0.268. The second kappa shape index (κ2) is 13.0. The molecule has 0 unspecified atom stereocenters. The van der Waals surface area contributed by atoms with Crippen LogP contribution < -0.4 is 15.1 Å². The molecule has 8 rings (SSSR count). The number of carbonyl (C=O) groups is 4. The topological polar surface area (TPSA) is 116 Å². The van der Waals surface area contributed by atoms with E-state index in [2.05, 4.69) is 5.43 Å². The number of allylic oxidation sites excluding steroid dienone is 2. The highest BCUT2D eigenvalue weighted by Gasteiger charge is 2.70. The van der Waals surface area contributed by atoms with Crippen molar-refractivity contribution >= 4 is 58.2 Å². The third-order valence-corrected chi connectivity index (χ3v) is 12.0. The van der Waals surface area contributed by atoms with Crippen LogP contribution >= 0.6 is 23.2 Å². The third-order valence-electron chi connectivity index (χ3n) is 11.3. The number of aryl methyl sites for hydroxylation is 1. The summed E-state index contributed by atoms with van der Waals surface area (Å²) in [6, 6.07) is 22.0. The van der Waals surface area contributed by atoms with Gasteiger partial charge in [-0.1, -0.05) is 65.2 Å². The monoisotopic (exact) mass is 753 g/mol. The zero-order valence-electron chi connectivity index (χ0n) is 28.7. The molecule has 4 aromatic carbocycles. The van der Waals surface area contributed by atoms with Crippen LogP contribution in [-0.2, 0) is 24.6 Å². The summed E-state index contributed by atoms with van der Waals surface area (Å²) in [7, 11) is 0. The van der Waals surface area contributed by atoms with Gasteiger partial charge in [0.25, 0.3) is 11.8 Å². The number of ether oxygens (including phenoxy) is 1. The van der Waals surface area contributed by atoms with E-state index in [1.54, 1.807) is 67.6 Å². The van der Waals surface area contributed by atoms with Crippen molar-refractivity contribution in [1.29, 1.82) is 0 Å². The minimum Gasteiger partial charge on any atom is -0.504 e. The molecule has 0 spiro atoms. The number of amides is 4. The van der Waals surface area contributed by atoms with E-state index in [0.29, 0.717) is 38.1 Å². The predicted octanol–water partition coefficient (Wildman–Crippen LogP) is 7.73. The van der Waals surface area contributed by atoms with Crippen LogP contribution in [0.1, 0.15) is 42.4 Å². The van der Waals surface area contributed by atoms with Gasteiger partial charge in [-0.05, 0) is 98.3 Å². The van der Waals surface area contributed by atoms with Crippen molar-refractivity contribution in [2.75, 3.05) is 16.9 Å². The molecule has 270 valence electrons. The quantitative estimate of drug-likeness (QED) is 0.147. The number of nitrogens with zero attached hydrogens (tertiary/aromatic N) is 2. The van der Waals surface area contributed by atoms with Gasteiger partial charge in [-0.3, -0.25) is 24.6 Å². The summed E-state index contributed by atoms with van der Waals surface area (Å²) in [5, 5.41) is 13.7. The Morgan fingerprint density at radius 2 is 1.66 bits per heavy atom. The molecule has 2 aliphatic heterocycles. The Hall–Kier alpha value is -5.19. The van der Waals surface area contributed by atoms with E-state index in [1.165, 1.54) is 29.2 Å². The van der Waals surface area contributed by atoms with Gasteiger partial charge in [0.15, 0.2) is 11.5 Å². The first-order valence-electron chi connectivity index (χ1n) is 17.4. The first-order chi connectivity index (χ1) is 25.5. The molecular formula is C41H34Cl2FN3O6. The fourth-order valence-electron chi connectivity index (χ4n) is 9.02. The van der Waals surface area contributed by atoms with Gasteiger partial charge < -0.3 is 9.84 Å². The predicted molar refractivity (Wildman–Crippen MR) is 197 cm³/mol. The van der Waals surface area contributed by atoms with Crippen LogP contribution in [0.5, 0.6) is 11.5 Å². The van der Waals surface area contributed by atoms with Crippen LogP contribution in [-0.4, -0.2) is 40.4 Å². The van der Waals surface area contributed by atoms with E-state index in [0.717, 1.165) is 10.6 Å². The molecule has 6 atom stereocenters. The summed E-state index contributed by atoms with van der Waals surface area (Å²) < 4.78 is 19.7. The van der Waals surface area contributed by atoms with Crippen LogP contribution in [0.2, 0.25) is 10.0 Å². The highest BCUT2D eigenvalue weighted by molar-refractivity contribution is 6.32. The number of hydrogen-bond donors (Lipinski definition) is 2. The standard InChI is InChI=1S/C41H34Cl2FN3O6/c1-3-53-33-6-4-5-29(36(33)48)35-27-17-18-28-34(39(51)46(37(28)49)26-16-7-21(2)32(43)19-26)30(27)20-31-38(50)47(45-25-14-12-24(44)13-15-25)40(52)41(31,35)22-8-10-23(42)11-9-22/h4-17,19,28,30-31,34-35,45,48H,3,18,20H2,1-2H3/t28-,30+,31-,34-,35+,41+/m0/s1. The van der Waals surface area contributed by atoms with Gasteiger partial charge in [-0.15, -0.1) is 0 Å². The lowest BCUT2D eigenvalue weighted by atomic mass is 9.49. The number of hydrogen-bond acceptors (Lipinski definition) is 7. The molecule has 2 heterocycles. The maximum Gasteiger partial charge on any atom is 0.260 e. The Bertz CT molecular complexity index is 2230. The van der Waals surface area contributed by atoms with Gasteiger partial charge >= 0.3 is 0 Å². The fourth-order valence-corrected chi connectivity index (χ4v) is 9.32. The van der Waals surface area contributed by atoms with E-state index in [-0.39, 0.29) is 36.9 Å². The molecule has 4 aliphatic rings. The smallest absolute Gasteiger partial charge is 0.260 e. The second-order valence-electron chi connectivity index (χ2n) is 13.9. The number of nitrogens with one attached hydrogen (secondary N) is 1. The molecule has 53 heavy (non-hydrogen) atoms. The lowest BCUT2D eigenvalue weighted by molar-refractivity contribution is -0.138. The van der Waals surface area contributed by atoms with E-state index in [4.69, 9.17) is 27.9 Å². The number of aromatic hydroxyl groups is 1. The van der Waals surface area contributed by atoms with Gasteiger partial charge in [0.05, 0.1) is 41.2 Å². The number of benzene rings is 4. The summed E-state index contributed by atoms with van der Waals surface area (Å²) >= 11 is 12.8. The van der Waals surface area contributed by atoms with Crippen molar-refractivity contribution in [2.24, 2.45) is 23.7 Å². The number of halogens is 3. The summed E-state index contributed by atoms with van der Waals surface area (Å²) in [6.07, 6.45) is 2.15. The lowest BCUT2D eigenvalue weighted by Crippen LogP contribution is -2.53. The zero-order chi connectivity index (χ0) is 37.3. The minimum atomic E-state index is -1.65. The van der Waals surface area contributed by atoms with Crippen molar-refractivity contribution in [1.82, 2.24) is 5.01 Å². The maximum atomic E-state index is 15.3. The van der Waals surface area contributed by atoms with Gasteiger partial charge in [0.1, 0.15) is 5.82 Å². The SMILES string of the molecule is CCOc1cccc([C@H]2C3=CC[C@@H]4C(=O)N(c5ccc(C)c(Cl)c5)C(=O)[C@@H]4[C@@H]3C[C@H]3C(=O)N(Nc4ccc(F)cc4)C(=O)[C@@]23c2ccc(Cl)cc2)c1O. The number of imide groups is 2. The number of para-hydroxylation sites is 1. The Morgan fingerprint density at radius 3 is 2.36 bits per heavy atom. The van der Waals surface area contributed by atoms with Crippen molar-refractivity contribution in [3.8, 4) is 11.5 Å². The number of phenolic OH excluding ortho intramolecular Hbond substituents is 1. The molecule has 0 radical (unpaired) electrons. The number of fused-ring (bicyclic) bond motifs is 4. The average molecular weight is 755 g/mol. The Balaban J connectivity index is 1.34. The minimum absolute atomic E-state index is 0.0473. The normalized spacial score (nSPS) is 26.3. The molecule has 4 amide bonds. The molecule has 12 heteroatoms. The summed E-state index contributed by atoms with van der Waals surface area (Å²) in [5.74, 6) is -6.76. The molecule has 2 N–H and O–H groups in total. The Kier molecular flexibility index (Phi) is 8.58. The summed E-state index contributed by atoms with van der Waals surface area (Å²) in [5.41, 5.74) is 4.20. The molecular weight excluding hydrogens is 720 g/mol. The van der Waals surface area contributed by atoms with Crippen LogP contribution in [0.3, 0.4) is 0 Å². The number of phenols is 1. The molecule has 1 saturated carbocycles. The number of rotatable bonds is 7. The van der Waals surface area contributed by atoms with E-state index < -0.39 is 58.5 Å². The van der Waals surface area contributed by atoms with Gasteiger partial charge in [-0.25, -0.2) is 9.29 Å². The average Bonchev–Trinajstić information content (AvgIpc) is 3.52. The molecule has 3 fully saturated rings. The zero-order valence-corrected chi connectivity index (χ0v) is 30.2. The van der Waals surface area contributed by atoms with Crippen molar-refractivity contribution < 1.29 is 33.4 Å². The van der Waals surface area contributed by atoms with Gasteiger partial charge in [0, 0.05) is 21.5 Å². The van der Waals surface area contributed by atoms with Gasteiger partial charge in [-0.2, -0.15) is 5.01 Å². The number of carbonyl (C=O) groups excluding carboxylic acids is 4. The third kappa shape index (κ3) is 5.25. The maximum absolute atomic E-state index is 15.3. The molecule has 4 aromatic rings. The van der Waals surface area contributed by atoms with Crippen molar-refractivity contribution in [2.45, 2.75) is 38.0 Å². The first-order valence-corrected chi connectivity index (χ1v) is 18.2. The Morgan fingerprint density at radius 1 is 0.925 bits per heavy atom. The van der Waals surface area contributed by atoms with Crippen LogP contribution in [0.4, 0.5) is 15.8 Å². The second-order valence-corrected chi connectivity index (χ2v) is 14.8. The van der Waals surface area contributed by atoms with Gasteiger partial charge in [0.2, 0.25) is 11.8 Å². The lowest BCUT2D eigenvalue weighted by Gasteiger charge is -2.50. The van der Waals surface area contributed by atoms with Crippen molar-refractivity contribution in [3.63, 3.8) is 0 Å². The molecule has 0 aromatic heterocycles.